The number of nitrogens with zero attached hydrogens (tertiary/aromatic N) is 1. The number of rotatable bonds is 17. The number of carbonyl (C=O) groups is 1. The Labute approximate surface area is 149 Å². The minimum atomic E-state index is -0.164. The minimum Gasteiger partial charge on any atom is -0.393 e. The Morgan fingerprint density at radius 3 is 1.96 bits per heavy atom. The average Bonchev–Trinajstić information content (AvgIpc) is 2.56. The standard InChI is InChI=1S/C19H41N3O2/c1-18(23)12-7-5-3-2-4-6-8-13-19(24)22(17-11-15-21)16-10-9-14-20/h18,23H,2-17,20-21H2,1H3. The zero-order chi connectivity index (χ0) is 18.0. The molecule has 0 aliphatic carbocycles. The summed E-state index contributed by atoms with van der Waals surface area (Å²) in [7, 11) is 0. The summed E-state index contributed by atoms with van der Waals surface area (Å²) in [5, 5.41) is 9.19. The lowest BCUT2D eigenvalue weighted by Crippen LogP contribution is -2.34. The number of aliphatic hydroxyl groups is 1. The van der Waals surface area contributed by atoms with E-state index in [1.165, 1.54) is 25.7 Å². The van der Waals surface area contributed by atoms with Crippen LogP contribution in [0.25, 0.3) is 0 Å². The molecule has 0 rings (SSSR count). The lowest BCUT2D eigenvalue weighted by molar-refractivity contribution is -0.131. The number of hydrogen-bond donors (Lipinski definition) is 3. The molecular formula is C19H41N3O2. The van der Waals surface area contributed by atoms with Crippen molar-refractivity contribution in [3.8, 4) is 0 Å². The summed E-state index contributed by atoms with van der Waals surface area (Å²) in [4.78, 5) is 14.3. The third-order valence-corrected chi connectivity index (χ3v) is 4.38. The van der Waals surface area contributed by atoms with Crippen LogP contribution in [0.5, 0.6) is 0 Å². The SMILES string of the molecule is CC(O)CCCCCCCCCC(=O)N(CCCN)CCCCN. The smallest absolute Gasteiger partial charge is 0.222 e. The first-order valence-electron chi connectivity index (χ1n) is 9.97. The van der Waals surface area contributed by atoms with Crippen molar-refractivity contribution in [1.29, 1.82) is 0 Å². The summed E-state index contributed by atoms with van der Waals surface area (Å²) in [6, 6.07) is 0. The molecule has 0 aromatic carbocycles. The molecule has 0 spiro atoms. The third-order valence-electron chi connectivity index (χ3n) is 4.38. The van der Waals surface area contributed by atoms with Crippen molar-refractivity contribution in [2.75, 3.05) is 26.2 Å². The van der Waals surface area contributed by atoms with Crippen molar-refractivity contribution in [3.05, 3.63) is 0 Å². The molecule has 0 aromatic heterocycles. The molecule has 0 saturated heterocycles. The highest BCUT2D eigenvalue weighted by atomic mass is 16.3. The molecule has 5 N–H and O–H groups in total. The molecule has 5 heteroatoms. The second kappa shape index (κ2) is 17.2. The van der Waals surface area contributed by atoms with Crippen LogP contribution in [0.2, 0.25) is 0 Å². The molecule has 0 radical (unpaired) electrons. The van der Waals surface area contributed by atoms with E-state index in [4.69, 9.17) is 11.5 Å². The Bertz CT molecular complexity index is 286. The first kappa shape index (κ1) is 23.4. The number of nitrogens with two attached hydrogens (primary N) is 2. The highest BCUT2D eigenvalue weighted by Gasteiger charge is 2.12. The van der Waals surface area contributed by atoms with Gasteiger partial charge in [-0.2, -0.15) is 0 Å². The zero-order valence-electron chi connectivity index (χ0n) is 15.8. The van der Waals surface area contributed by atoms with Gasteiger partial charge in [-0.25, -0.2) is 0 Å². The molecule has 1 unspecified atom stereocenters. The molecule has 0 fully saturated rings. The Morgan fingerprint density at radius 2 is 1.38 bits per heavy atom. The predicted octanol–water partition coefficient (Wildman–Crippen LogP) is 2.79. The van der Waals surface area contributed by atoms with Gasteiger partial charge >= 0.3 is 0 Å². The second-order valence-corrected chi connectivity index (χ2v) is 6.88. The number of unbranched alkanes of at least 4 members (excludes halogenated alkanes) is 7. The van der Waals surface area contributed by atoms with Crippen molar-refractivity contribution in [2.45, 2.75) is 90.1 Å². The van der Waals surface area contributed by atoms with E-state index < -0.39 is 0 Å². The first-order chi connectivity index (χ1) is 11.6. The Hall–Kier alpha value is -0.650. The van der Waals surface area contributed by atoms with E-state index in [9.17, 15) is 9.90 Å². The molecular weight excluding hydrogens is 302 g/mol. The molecule has 5 nitrogen and oxygen atoms in total. The Kier molecular flexibility index (Phi) is 16.7. The van der Waals surface area contributed by atoms with Crippen LogP contribution in [0, 0.1) is 0 Å². The van der Waals surface area contributed by atoms with Gasteiger partial charge in [-0.15, -0.1) is 0 Å². The van der Waals surface area contributed by atoms with Gasteiger partial charge in [0.05, 0.1) is 6.10 Å². The molecule has 1 atom stereocenters. The molecule has 24 heavy (non-hydrogen) atoms. The van der Waals surface area contributed by atoms with E-state index in [-0.39, 0.29) is 12.0 Å². The van der Waals surface area contributed by atoms with E-state index >= 15 is 0 Å². The first-order valence-corrected chi connectivity index (χ1v) is 9.97. The number of carbonyl (C=O) groups excluding carboxylic acids is 1. The topological polar surface area (TPSA) is 92.6 Å². The monoisotopic (exact) mass is 343 g/mol. The molecule has 0 aliphatic heterocycles. The van der Waals surface area contributed by atoms with E-state index in [2.05, 4.69) is 0 Å². The maximum absolute atomic E-state index is 12.3. The zero-order valence-corrected chi connectivity index (χ0v) is 15.8. The molecule has 144 valence electrons. The molecule has 0 bridgehead atoms. The number of aliphatic hydroxyl groups excluding tert-OH is 1. The predicted molar refractivity (Wildman–Crippen MR) is 102 cm³/mol. The second-order valence-electron chi connectivity index (χ2n) is 6.88. The van der Waals surface area contributed by atoms with Crippen molar-refractivity contribution >= 4 is 5.91 Å². The fourth-order valence-corrected chi connectivity index (χ4v) is 2.85. The van der Waals surface area contributed by atoms with Gasteiger partial charge in [-0.1, -0.05) is 38.5 Å². The van der Waals surface area contributed by atoms with Gasteiger partial charge in [0.15, 0.2) is 0 Å². The van der Waals surface area contributed by atoms with Crippen LogP contribution in [0.3, 0.4) is 0 Å². The van der Waals surface area contributed by atoms with Gasteiger partial charge in [0.25, 0.3) is 0 Å². The summed E-state index contributed by atoms with van der Waals surface area (Å²) in [6.45, 7) is 4.78. The van der Waals surface area contributed by atoms with Gasteiger partial charge in [-0.3, -0.25) is 4.79 Å². The maximum Gasteiger partial charge on any atom is 0.222 e. The summed E-state index contributed by atoms with van der Waals surface area (Å²) in [6.07, 6.45) is 12.4. The van der Waals surface area contributed by atoms with Gasteiger partial charge in [0.1, 0.15) is 0 Å². The summed E-state index contributed by atoms with van der Waals surface area (Å²) < 4.78 is 0. The Morgan fingerprint density at radius 1 is 0.833 bits per heavy atom. The van der Waals surface area contributed by atoms with Crippen molar-refractivity contribution < 1.29 is 9.90 Å². The fraction of sp³-hybridized carbons (Fsp3) is 0.947. The highest BCUT2D eigenvalue weighted by molar-refractivity contribution is 5.76. The van der Waals surface area contributed by atoms with Gasteiger partial charge < -0.3 is 21.5 Å². The summed E-state index contributed by atoms with van der Waals surface area (Å²) in [5.41, 5.74) is 11.1. The van der Waals surface area contributed by atoms with Crippen molar-refractivity contribution in [1.82, 2.24) is 4.90 Å². The highest BCUT2D eigenvalue weighted by Crippen LogP contribution is 2.11. The fourth-order valence-electron chi connectivity index (χ4n) is 2.85. The van der Waals surface area contributed by atoms with Crippen LogP contribution in [-0.2, 0) is 4.79 Å². The largest absolute Gasteiger partial charge is 0.393 e. The van der Waals surface area contributed by atoms with Crippen LogP contribution < -0.4 is 11.5 Å². The van der Waals surface area contributed by atoms with Crippen LogP contribution in [0.15, 0.2) is 0 Å². The normalized spacial score (nSPS) is 12.3. The van der Waals surface area contributed by atoms with Crippen LogP contribution >= 0.6 is 0 Å². The van der Waals surface area contributed by atoms with E-state index in [0.717, 1.165) is 58.0 Å². The van der Waals surface area contributed by atoms with Gasteiger partial charge in [0.2, 0.25) is 5.91 Å². The van der Waals surface area contributed by atoms with Gasteiger partial charge in [-0.05, 0) is 52.1 Å². The van der Waals surface area contributed by atoms with Crippen LogP contribution in [0.4, 0.5) is 0 Å². The van der Waals surface area contributed by atoms with E-state index in [0.29, 0.717) is 19.5 Å². The van der Waals surface area contributed by atoms with Crippen LogP contribution in [-0.4, -0.2) is 48.2 Å². The quantitative estimate of drug-likeness (QED) is 0.354. The molecule has 0 aromatic rings. The molecule has 0 saturated carbocycles. The average molecular weight is 344 g/mol. The van der Waals surface area contributed by atoms with E-state index in [1.54, 1.807) is 0 Å². The summed E-state index contributed by atoms with van der Waals surface area (Å²) in [5.74, 6) is 0.275. The molecule has 0 aliphatic rings. The minimum absolute atomic E-state index is 0.164. The maximum atomic E-state index is 12.3. The van der Waals surface area contributed by atoms with Crippen LogP contribution in [0.1, 0.15) is 84.0 Å². The van der Waals surface area contributed by atoms with Gasteiger partial charge in [0, 0.05) is 19.5 Å². The van der Waals surface area contributed by atoms with Crippen molar-refractivity contribution in [3.63, 3.8) is 0 Å². The van der Waals surface area contributed by atoms with E-state index in [1.807, 2.05) is 11.8 Å². The lowest BCUT2D eigenvalue weighted by atomic mass is 10.1. The Balaban J connectivity index is 3.67. The number of amides is 1. The lowest BCUT2D eigenvalue weighted by Gasteiger charge is -2.22. The summed E-state index contributed by atoms with van der Waals surface area (Å²) >= 11 is 0. The molecule has 1 amide bonds. The van der Waals surface area contributed by atoms with Crippen molar-refractivity contribution in [2.24, 2.45) is 11.5 Å². The molecule has 0 heterocycles. The number of hydrogen-bond acceptors (Lipinski definition) is 4. The third kappa shape index (κ3) is 14.9.